The first-order valence-electron chi connectivity index (χ1n) is 7.08. The van der Waals surface area contributed by atoms with Crippen molar-refractivity contribution in [1.82, 2.24) is 9.80 Å². The quantitative estimate of drug-likeness (QED) is 0.821. The topological polar surface area (TPSA) is 41.7 Å². The molecule has 0 aliphatic carbocycles. The maximum Gasteiger partial charge on any atom is 0.124 e. The normalized spacial score (nSPS) is 32.7. The highest BCUT2D eigenvalue weighted by atomic mass is 16.5. The van der Waals surface area contributed by atoms with Crippen LogP contribution >= 0.6 is 0 Å². The summed E-state index contributed by atoms with van der Waals surface area (Å²) in [5.41, 5.74) is 7.63. The van der Waals surface area contributed by atoms with Crippen molar-refractivity contribution in [3.63, 3.8) is 0 Å². The minimum Gasteiger partial charge on any atom is -0.492 e. The Morgan fingerprint density at radius 1 is 1.26 bits per heavy atom. The van der Waals surface area contributed by atoms with Crippen molar-refractivity contribution in [2.75, 3.05) is 33.3 Å². The van der Waals surface area contributed by atoms with E-state index < -0.39 is 0 Å². The Kier molecular flexibility index (Phi) is 3.48. The molecular weight excluding hydrogens is 238 g/mol. The lowest BCUT2D eigenvalue weighted by molar-refractivity contribution is 0.0206. The number of para-hydroxylation sites is 1. The van der Waals surface area contributed by atoms with E-state index in [2.05, 4.69) is 29.8 Å². The largest absolute Gasteiger partial charge is 0.492 e. The maximum atomic E-state index is 6.48. The molecule has 0 bridgehead atoms. The summed E-state index contributed by atoms with van der Waals surface area (Å²) in [5, 5.41) is 0. The first-order valence-corrected chi connectivity index (χ1v) is 7.08. The van der Waals surface area contributed by atoms with Gasteiger partial charge in [-0.2, -0.15) is 0 Å². The van der Waals surface area contributed by atoms with Crippen LogP contribution in [0.25, 0.3) is 0 Å². The molecule has 1 saturated heterocycles. The zero-order valence-electron chi connectivity index (χ0n) is 11.7. The summed E-state index contributed by atoms with van der Waals surface area (Å²) in [6.07, 6.45) is 0. The van der Waals surface area contributed by atoms with Crippen LogP contribution in [0.1, 0.15) is 18.5 Å². The van der Waals surface area contributed by atoms with Gasteiger partial charge in [0.2, 0.25) is 0 Å². The third-order valence-corrected chi connectivity index (χ3v) is 4.41. The number of fused-ring (bicyclic) bond motifs is 1. The number of nitrogens with zero attached hydrogens (tertiary/aromatic N) is 2. The highest BCUT2D eigenvalue weighted by molar-refractivity contribution is 5.38. The van der Waals surface area contributed by atoms with Crippen LogP contribution in [0.5, 0.6) is 5.75 Å². The van der Waals surface area contributed by atoms with Crippen LogP contribution in [-0.2, 0) is 0 Å². The summed E-state index contributed by atoms with van der Waals surface area (Å²) in [5.74, 6) is 0.952. The SMILES string of the molecule is CC1CN(C)CCN1C1COc2ccccc2C1N. The number of hydrogen-bond acceptors (Lipinski definition) is 4. The monoisotopic (exact) mass is 261 g/mol. The second-order valence-corrected chi connectivity index (χ2v) is 5.79. The standard InChI is InChI=1S/C15H23N3O/c1-11-9-17(2)7-8-18(11)13-10-19-14-6-4-3-5-12(14)15(13)16/h3-6,11,13,15H,7-10,16H2,1-2H3. The summed E-state index contributed by atoms with van der Waals surface area (Å²) in [4.78, 5) is 4.89. The molecule has 2 aliphatic heterocycles. The molecule has 3 atom stereocenters. The molecule has 2 aliphatic rings. The third-order valence-electron chi connectivity index (χ3n) is 4.41. The Morgan fingerprint density at radius 2 is 2.05 bits per heavy atom. The summed E-state index contributed by atoms with van der Waals surface area (Å²) in [7, 11) is 2.18. The fourth-order valence-electron chi connectivity index (χ4n) is 3.32. The van der Waals surface area contributed by atoms with E-state index in [9.17, 15) is 0 Å². The number of nitrogens with two attached hydrogens (primary N) is 1. The Labute approximate surface area is 115 Å². The molecular formula is C15H23N3O. The zero-order valence-corrected chi connectivity index (χ0v) is 11.7. The van der Waals surface area contributed by atoms with Gasteiger partial charge in [-0.05, 0) is 20.0 Å². The van der Waals surface area contributed by atoms with Gasteiger partial charge in [0.1, 0.15) is 12.4 Å². The molecule has 4 heteroatoms. The number of likely N-dealkylation sites (N-methyl/N-ethyl adjacent to an activating group) is 1. The first-order chi connectivity index (χ1) is 9.16. The van der Waals surface area contributed by atoms with Crippen molar-refractivity contribution >= 4 is 0 Å². The molecule has 4 nitrogen and oxygen atoms in total. The fourth-order valence-corrected chi connectivity index (χ4v) is 3.32. The highest BCUT2D eigenvalue weighted by Crippen LogP contribution is 2.33. The van der Waals surface area contributed by atoms with Crippen LogP contribution in [0.2, 0.25) is 0 Å². The van der Waals surface area contributed by atoms with E-state index in [1.165, 1.54) is 0 Å². The molecule has 3 rings (SSSR count). The van der Waals surface area contributed by atoms with E-state index in [-0.39, 0.29) is 6.04 Å². The molecule has 3 unspecified atom stereocenters. The smallest absolute Gasteiger partial charge is 0.124 e. The lowest BCUT2D eigenvalue weighted by Crippen LogP contribution is -2.59. The van der Waals surface area contributed by atoms with E-state index in [0.29, 0.717) is 18.7 Å². The molecule has 104 valence electrons. The molecule has 0 spiro atoms. The molecule has 1 aromatic rings. The van der Waals surface area contributed by atoms with Crippen molar-refractivity contribution in [2.45, 2.75) is 25.0 Å². The summed E-state index contributed by atoms with van der Waals surface area (Å²) < 4.78 is 5.90. The fraction of sp³-hybridized carbons (Fsp3) is 0.600. The van der Waals surface area contributed by atoms with Gasteiger partial charge < -0.3 is 15.4 Å². The van der Waals surface area contributed by atoms with Crippen molar-refractivity contribution in [1.29, 1.82) is 0 Å². The predicted octanol–water partition coefficient (Wildman–Crippen LogP) is 1.08. The Balaban J connectivity index is 1.80. The van der Waals surface area contributed by atoms with Gasteiger partial charge in [0, 0.05) is 31.2 Å². The second kappa shape index (κ2) is 5.12. The van der Waals surface area contributed by atoms with Crippen LogP contribution in [0.15, 0.2) is 24.3 Å². The van der Waals surface area contributed by atoms with Crippen LogP contribution in [-0.4, -0.2) is 55.2 Å². The van der Waals surface area contributed by atoms with Gasteiger partial charge in [-0.15, -0.1) is 0 Å². The molecule has 0 aromatic heterocycles. The van der Waals surface area contributed by atoms with Crippen molar-refractivity contribution in [2.24, 2.45) is 5.73 Å². The Morgan fingerprint density at radius 3 is 2.84 bits per heavy atom. The van der Waals surface area contributed by atoms with Gasteiger partial charge in [-0.3, -0.25) is 4.90 Å². The van der Waals surface area contributed by atoms with Crippen molar-refractivity contribution in [3.05, 3.63) is 29.8 Å². The molecule has 1 fully saturated rings. The third kappa shape index (κ3) is 2.36. The number of rotatable bonds is 1. The van der Waals surface area contributed by atoms with Gasteiger partial charge in [0.25, 0.3) is 0 Å². The number of benzene rings is 1. The molecule has 2 heterocycles. The number of hydrogen-bond donors (Lipinski definition) is 1. The van der Waals surface area contributed by atoms with Gasteiger partial charge in [-0.25, -0.2) is 0 Å². The Bertz CT molecular complexity index is 451. The molecule has 0 saturated carbocycles. The van der Waals surface area contributed by atoms with Gasteiger partial charge in [0.05, 0.1) is 12.1 Å². The van der Waals surface area contributed by atoms with Crippen LogP contribution in [0, 0.1) is 0 Å². The summed E-state index contributed by atoms with van der Waals surface area (Å²) in [6, 6.07) is 9.02. The second-order valence-electron chi connectivity index (χ2n) is 5.79. The minimum absolute atomic E-state index is 0.0517. The molecule has 2 N–H and O–H groups in total. The highest BCUT2D eigenvalue weighted by Gasteiger charge is 2.36. The van der Waals surface area contributed by atoms with E-state index >= 15 is 0 Å². The average Bonchev–Trinajstić information content (AvgIpc) is 2.41. The van der Waals surface area contributed by atoms with Gasteiger partial charge >= 0.3 is 0 Å². The lowest BCUT2D eigenvalue weighted by atomic mass is 9.94. The summed E-state index contributed by atoms with van der Waals surface area (Å²) >= 11 is 0. The van der Waals surface area contributed by atoms with Crippen molar-refractivity contribution < 1.29 is 4.74 Å². The molecule has 0 radical (unpaired) electrons. The van der Waals surface area contributed by atoms with E-state index in [4.69, 9.17) is 10.5 Å². The first kappa shape index (κ1) is 12.9. The van der Waals surface area contributed by atoms with E-state index in [1.54, 1.807) is 0 Å². The van der Waals surface area contributed by atoms with Crippen LogP contribution < -0.4 is 10.5 Å². The maximum absolute atomic E-state index is 6.48. The Hall–Kier alpha value is -1.10. The van der Waals surface area contributed by atoms with Crippen molar-refractivity contribution in [3.8, 4) is 5.75 Å². The van der Waals surface area contributed by atoms with E-state index in [0.717, 1.165) is 30.9 Å². The average molecular weight is 261 g/mol. The molecule has 1 aromatic carbocycles. The number of piperazine rings is 1. The zero-order chi connectivity index (χ0) is 13.4. The molecule has 19 heavy (non-hydrogen) atoms. The molecule has 0 amide bonds. The lowest BCUT2D eigenvalue weighted by Gasteiger charge is -2.46. The van der Waals surface area contributed by atoms with Crippen LogP contribution in [0.4, 0.5) is 0 Å². The summed E-state index contributed by atoms with van der Waals surface area (Å²) in [6.45, 7) is 6.26. The number of ether oxygens (including phenoxy) is 1. The van der Waals surface area contributed by atoms with Crippen LogP contribution in [0.3, 0.4) is 0 Å². The van der Waals surface area contributed by atoms with Gasteiger partial charge in [0.15, 0.2) is 0 Å². The van der Waals surface area contributed by atoms with Gasteiger partial charge in [-0.1, -0.05) is 18.2 Å². The minimum atomic E-state index is 0.0517. The van der Waals surface area contributed by atoms with E-state index in [1.807, 2.05) is 18.2 Å². The predicted molar refractivity (Wildman–Crippen MR) is 76.3 cm³/mol.